The fourth-order valence-corrected chi connectivity index (χ4v) is 1.71. The van der Waals surface area contributed by atoms with Crippen LogP contribution in [-0.2, 0) is 11.3 Å². The van der Waals surface area contributed by atoms with E-state index in [2.05, 4.69) is 10.4 Å². The molecule has 1 heterocycles. The molecule has 1 N–H and O–H groups in total. The van der Waals surface area contributed by atoms with E-state index in [4.69, 9.17) is 16.3 Å². The molecule has 9 heteroatoms. The number of nitrogens with zero attached hydrogens (tertiary/aromatic N) is 2. The van der Waals surface area contributed by atoms with Gasteiger partial charge in [0.15, 0.2) is 0 Å². The van der Waals surface area contributed by atoms with Crippen LogP contribution in [0, 0.1) is 5.92 Å². The highest BCUT2D eigenvalue weighted by Crippen LogP contribution is 2.19. The summed E-state index contributed by atoms with van der Waals surface area (Å²) >= 11 is 5.75. The van der Waals surface area contributed by atoms with Crippen molar-refractivity contribution in [3.8, 4) is 0 Å². The SMILES string of the molecule is COCC(C)CNc1cnn(CC(F)(F)F)c(=O)c1Cl. The Kier molecular flexibility index (Phi) is 5.82. The van der Waals surface area contributed by atoms with Crippen molar-refractivity contribution >= 4 is 17.3 Å². The highest BCUT2D eigenvalue weighted by Gasteiger charge is 2.29. The number of ether oxygens (including phenoxy) is 1. The van der Waals surface area contributed by atoms with Gasteiger partial charge in [0.1, 0.15) is 11.6 Å². The lowest BCUT2D eigenvalue weighted by atomic mass is 10.2. The maximum atomic E-state index is 12.2. The summed E-state index contributed by atoms with van der Waals surface area (Å²) in [5, 5.41) is 6.00. The second-order valence-electron chi connectivity index (χ2n) is 4.39. The predicted octanol–water partition coefficient (Wildman–Crippen LogP) is 2.15. The molecule has 0 amide bonds. The standard InChI is InChI=1S/C11H15ClF3N3O2/c1-7(5-20-2)3-16-8-4-17-18(6-11(13,14)15)10(19)9(8)12/h4,7,16H,3,5-6H2,1-2H3. The fourth-order valence-electron chi connectivity index (χ4n) is 1.50. The van der Waals surface area contributed by atoms with Crippen LogP contribution in [0.15, 0.2) is 11.0 Å². The third kappa shape index (κ3) is 5.01. The van der Waals surface area contributed by atoms with Crippen LogP contribution >= 0.6 is 11.6 Å². The second-order valence-corrected chi connectivity index (χ2v) is 4.77. The van der Waals surface area contributed by atoms with E-state index in [1.165, 1.54) is 0 Å². The lowest BCUT2D eigenvalue weighted by Gasteiger charge is -2.14. The molecular weight excluding hydrogens is 299 g/mol. The molecule has 0 saturated carbocycles. The summed E-state index contributed by atoms with van der Waals surface area (Å²) in [5.41, 5.74) is -0.772. The second kappa shape index (κ2) is 6.94. The first-order chi connectivity index (χ1) is 9.24. The summed E-state index contributed by atoms with van der Waals surface area (Å²) < 4.78 is 41.9. The number of nitrogens with one attached hydrogen (secondary N) is 1. The Morgan fingerprint density at radius 1 is 1.55 bits per heavy atom. The molecule has 0 fully saturated rings. The fraction of sp³-hybridized carbons (Fsp3) is 0.636. The molecule has 0 aliphatic rings. The Balaban J connectivity index is 2.82. The summed E-state index contributed by atoms with van der Waals surface area (Å²) in [7, 11) is 1.56. The smallest absolute Gasteiger partial charge is 0.384 e. The number of rotatable bonds is 6. The van der Waals surface area contributed by atoms with Gasteiger partial charge in [-0.15, -0.1) is 0 Å². The minimum atomic E-state index is -4.53. The van der Waals surface area contributed by atoms with Gasteiger partial charge in [-0.3, -0.25) is 4.79 Å². The number of hydrogen-bond acceptors (Lipinski definition) is 4. The van der Waals surface area contributed by atoms with E-state index in [0.29, 0.717) is 13.2 Å². The molecule has 1 aromatic rings. The first kappa shape index (κ1) is 16.8. The molecule has 0 aromatic carbocycles. The molecule has 20 heavy (non-hydrogen) atoms. The average Bonchev–Trinajstić information content (AvgIpc) is 2.33. The van der Waals surface area contributed by atoms with Gasteiger partial charge in [-0.05, 0) is 5.92 Å². The van der Waals surface area contributed by atoms with Gasteiger partial charge in [-0.25, -0.2) is 4.68 Å². The first-order valence-corrected chi connectivity index (χ1v) is 6.17. The average molecular weight is 314 g/mol. The van der Waals surface area contributed by atoms with Crippen molar-refractivity contribution < 1.29 is 17.9 Å². The molecule has 5 nitrogen and oxygen atoms in total. The molecule has 1 aromatic heterocycles. The predicted molar refractivity (Wildman–Crippen MR) is 69.1 cm³/mol. The monoisotopic (exact) mass is 313 g/mol. The first-order valence-electron chi connectivity index (χ1n) is 5.79. The van der Waals surface area contributed by atoms with E-state index in [0.717, 1.165) is 6.20 Å². The van der Waals surface area contributed by atoms with Crippen molar-refractivity contribution in [1.29, 1.82) is 0 Å². The lowest BCUT2D eigenvalue weighted by Crippen LogP contribution is -2.31. The number of hydrogen-bond donors (Lipinski definition) is 1. The topological polar surface area (TPSA) is 56.1 Å². The van der Waals surface area contributed by atoms with Crippen LogP contribution in [0.25, 0.3) is 0 Å². The third-order valence-corrected chi connectivity index (χ3v) is 2.77. The van der Waals surface area contributed by atoms with Gasteiger partial charge in [0.05, 0.1) is 18.5 Å². The van der Waals surface area contributed by atoms with E-state index in [1.807, 2.05) is 6.92 Å². The summed E-state index contributed by atoms with van der Waals surface area (Å²) in [5.74, 6) is 0.147. The summed E-state index contributed by atoms with van der Waals surface area (Å²) in [6.07, 6.45) is -3.42. The normalized spacial score (nSPS) is 13.3. The maximum Gasteiger partial charge on any atom is 0.408 e. The van der Waals surface area contributed by atoms with Gasteiger partial charge in [-0.1, -0.05) is 18.5 Å². The molecule has 114 valence electrons. The van der Waals surface area contributed by atoms with E-state index >= 15 is 0 Å². The Labute approximate surface area is 118 Å². The van der Waals surface area contributed by atoms with Gasteiger partial charge in [-0.2, -0.15) is 18.3 Å². The van der Waals surface area contributed by atoms with Crippen LogP contribution in [0.1, 0.15) is 6.92 Å². The van der Waals surface area contributed by atoms with Crippen molar-refractivity contribution in [2.75, 3.05) is 25.6 Å². The Morgan fingerprint density at radius 2 is 2.20 bits per heavy atom. The van der Waals surface area contributed by atoms with Crippen molar-refractivity contribution in [3.63, 3.8) is 0 Å². The molecule has 0 spiro atoms. The molecule has 0 aliphatic carbocycles. The molecule has 1 rings (SSSR count). The molecule has 0 saturated heterocycles. The highest BCUT2D eigenvalue weighted by molar-refractivity contribution is 6.32. The van der Waals surface area contributed by atoms with Crippen LogP contribution in [0.2, 0.25) is 5.02 Å². The zero-order chi connectivity index (χ0) is 15.3. The number of alkyl halides is 3. The Morgan fingerprint density at radius 3 is 2.75 bits per heavy atom. The number of halogens is 4. The van der Waals surface area contributed by atoms with E-state index in [1.54, 1.807) is 7.11 Å². The van der Waals surface area contributed by atoms with Gasteiger partial charge in [0, 0.05) is 13.7 Å². The van der Waals surface area contributed by atoms with Crippen molar-refractivity contribution in [2.45, 2.75) is 19.6 Å². The minimum absolute atomic E-state index is 0.147. The molecule has 1 unspecified atom stereocenters. The molecule has 0 aliphatic heterocycles. The Hall–Kier alpha value is -1.28. The molecule has 0 radical (unpaired) electrons. The maximum absolute atomic E-state index is 12.2. The van der Waals surface area contributed by atoms with Crippen LogP contribution in [-0.4, -0.2) is 36.2 Å². The largest absolute Gasteiger partial charge is 0.408 e. The van der Waals surface area contributed by atoms with Crippen molar-refractivity contribution in [3.05, 3.63) is 21.6 Å². The Bertz CT molecular complexity index is 505. The van der Waals surface area contributed by atoms with Crippen LogP contribution < -0.4 is 10.9 Å². The molecule has 1 atom stereocenters. The van der Waals surface area contributed by atoms with E-state index in [9.17, 15) is 18.0 Å². The molecular formula is C11H15ClF3N3O2. The summed E-state index contributed by atoms with van der Waals surface area (Å²) in [6.45, 7) is 1.40. The van der Waals surface area contributed by atoms with Crippen LogP contribution in [0.4, 0.5) is 18.9 Å². The number of anilines is 1. The summed E-state index contributed by atoms with van der Waals surface area (Å²) in [4.78, 5) is 11.6. The van der Waals surface area contributed by atoms with Gasteiger partial charge >= 0.3 is 6.18 Å². The van der Waals surface area contributed by atoms with Crippen molar-refractivity contribution in [1.82, 2.24) is 9.78 Å². The van der Waals surface area contributed by atoms with Gasteiger partial charge in [0.25, 0.3) is 5.56 Å². The van der Waals surface area contributed by atoms with Crippen LogP contribution in [0.5, 0.6) is 0 Å². The van der Waals surface area contributed by atoms with Crippen molar-refractivity contribution in [2.24, 2.45) is 5.92 Å². The van der Waals surface area contributed by atoms with E-state index in [-0.39, 0.29) is 21.3 Å². The third-order valence-electron chi connectivity index (χ3n) is 2.41. The zero-order valence-corrected chi connectivity index (χ0v) is 11.8. The quantitative estimate of drug-likeness (QED) is 0.874. The zero-order valence-electron chi connectivity index (χ0n) is 11.0. The highest BCUT2D eigenvalue weighted by atomic mass is 35.5. The minimum Gasteiger partial charge on any atom is -0.384 e. The van der Waals surface area contributed by atoms with Gasteiger partial charge < -0.3 is 10.1 Å². The lowest BCUT2D eigenvalue weighted by molar-refractivity contribution is -0.143. The van der Waals surface area contributed by atoms with Gasteiger partial charge in [0.2, 0.25) is 0 Å². The summed E-state index contributed by atoms with van der Waals surface area (Å²) in [6, 6.07) is 0. The number of methoxy groups -OCH3 is 1. The van der Waals surface area contributed by atoms with E-state index < -0.39 is 18.3 Å². The number of aromatic nitrogens is 2. The molecule has 0 bridgehead atoms. The van der Waals surface area contributed by atoms with Crippen LogP contribution in [0.3, 0.4) is 0 Å².